The molecule has 0 aliphatic carbocycles. The van der Waals surface area contributed by atoms with Crippen LogP contribution in [0, 0.1) is 0 Å². The van der Waals surface area contributed by atoms with E-state index in [0.29, 0.717) is 12.6 Å². The zero-order valence-corrected chi connectivity index (χ0v) is 8.65. The zero-order valence-electron chi connectivity index (χ0n) is 7.83. The molecule has 1 fully saturated rings. The predicted molar refractivity (Wildman–Crippen MR) is 53.8 cm³/mol. The van der Waals surface area contributed by atoms with E-state index in [1.807, 2.05) is 0 Å². The molecule has 1 N–H and O–H groups in total. The van der Waals surface area contributed by atoms with Gasteiger partial charge in [0, 0.05) is 6.04 Å². The second kappa shape index (κ2) is 6.70. The molecule has 1 aliphatic rings. The highest BCUT2D eigenvalue weighted by molar-refractivity contribution is 5.85. The third kappa shape index (κ3) is 3.74. The van der Waals surface area contributed by atoms with Gasteiger partial charge in [-0.15, -0.1) is 12.4 Å². The van der Waals surface area contributed by atoms with Crippen molar-refractivity contribution in [3.8, 4) is 0 Å². The van der Waals surface area contributed by atoms with Crippen molar-refractivity contribution in [3.05, 3.63) is 0 Å². The lowest BCUT2D eigenvalue weighted by atomic mass is 10.2. The second-order valence-corrected chi connectivity index (χ2v) is 3.48. The SMILES string of the molecule is CC(CO)N1CCCCCC1.Cl. The van der Waals surface area contributed by atoms with Gasteiger partial charge in [0.2, 0.25) is 0 Å². The second-order valence-electron chi connectivity index (χ2n) is 3.48. The normalized spacial score (nSPS) is 22.5. The van der Waals surface area contributed by atoms with Crippen LogP contribution in [0.25, 0.3) is 0 Å². The van der Waals surface area contributed by atoms with E-state index in [0.717, 1.165) is 0 Å². The minimum Gasteiger partial charge on any atom is -0.395 e. The highest BCUT2D eigenvalue weighted by atomic mass is 35.5. The summed E-state index contributed by atoms with van der Waals surface area (Å²) >= 11 is 0. The third-order valence-electron chi connectivity index (χ3n) is 2.53. The smallest absolute Gasteiger partial charge is 0.0584 e. The van der Waals surface area contributed by atoms with Crippen LogP contribution in [0.3, 0.4) is 0 Å². The number of aliphatic hydroxyl groups excluding tert-OH is 1. The predicted octanol–water partition coefficient (Wildman–Crippen LogP) is 1.67. The Balaban J connectivity index is 0.00000121. The maximum Gasteiger partial charge on any atom is 0.0584 e. The van der Waals surface area contributed by atoms with Gasteiger partial charge >= 0.3 is 0 Å². The molecule has 0 saturated carbocycles. The third-order valence-corrected chi connectivity index (χ3v) is 2.53. The molecule has 3 heteroatoms. The molecule has 1 heterocycles. The highest BCUT2D eigenvalue weighted by Gasteiger charge is 2.13. The Morgan fingerprint density at radius 3 is 2.08 bits per heavy atom. The van der Waals surface area contributed by atoms with Crippen molar-refractivity contribution < 1.29 is 5.11 Å². The zero-order chi connectivity index (χ0) is 8.10. The molecule has 0 bridgehead atoms. The van der Waals surface area contributed by atoms with E-state index >= 15 is 0 Å². The first-order chi connectivity index (χ1) is 5.34. The van der Waals surface area contributed by atoms with Gasteiger partial charge in [-0.25, -0.2) is 0 Å². The molecule has 0 radical (unpaired) electrons. The summed E-state index contributed by atoms with van der Waals surface area (Å²) in [7, 11) is 0. The van der Waals surface area contributed by atoms with Gasteiger partial charge in [0.25, 0.3) is 0 Å². The average Bonchev–Trinajstić information content (AvgIpc) is 2.30. The standard InChI is InChI=1S/C9H19NO.ClH/c1-9(8-11)10-6-4-2-3-5-7-10;/h9,11H,2-8H2,1H3;1H. The van der Waals surface area contributed by atoms with E-state index < -0.39 is 0 Å². The monoisotopic (exact) mass is 193 g/mol. The van der Waals surface area contributed by atoms with Crippen LogP contribution in [0.1, 0.15) is 32.6 Å². The fraction of sp³-hybridized carbons (Fsp3) is 1.00. The van der Waals surface area contributed by atoms with Gasteiger partial charge in [-0.1, -0.05) is 12.8 Å². The van der Waals surface area contributed by atoms with Crippen molar-refractivity contribution >= 4 is 12.4 Å². The molecule has 0 amide bonds. The maximum atomic E-state index is 8.94. The van der Waals surface area contributed by atoms with Gasteiger partial charge in [-0.05, 0) is 32.9 Å². The molecule has 1 aliphatic heterocycles. The van der Waals surface area contributed by atoms with E-state index in [2.05, 4.69) is 11.8 Å². The van der Waals surface area contributed by atoms with Crippen LogP contribution in [-0.4, -0.2) is 35.7 Å². The average molecular weight is 194 g/mol. The van der Waals surface area contributed by atoms with Crippen LogP contribution in [0.15, 0.2) is 0 Å². The largest absolute Gasteiger partial charge is 0.395 e. The van der Waals surface area contributed by atoms with Crippen LogP contribution in [0.5, 0.6) is 0 Å². The Morgan fingerprint density at radius 2 is 1.67 bits per heavy atom. The van der Waals surface area contributed by atoms with Crippen LogP contribution in [0.4, 0.5) is 0 Å². The molecule has 0 aromatic rings. The minimum absolute atomic E-state index is 0. The number of aliphatic hydroxyl groups is 1. The summed E-state index contributed by atoms with van der Waals surface area (Å²) in [5.41, 5.74) is 0. The molecule has 1 atom stereocenters. The summed E-state index contributed by atoms with van der Waals surface area (Å²) < 4.78 is 0. The number of nitrogens with zero attached hydrogens (tertiary/aromatic N) is 1. The minimum atomic E-state index is 0. The molecule has 1 rings (SSSR count). The molecule has 2 nitrogen and oxygen atoms in total. The van der Waals surface area contributed by atoms with E-state index in [4.69, 9.17) is 5.11 Å². The highest BCUT2D eigenvalue weighted by Crippen LogP contribution is 2.11. The summed E-state index contributed by atoms with van der Waals surface area (Å²) in [4.78, 5) is 2.40. The number of rotatable bonds is 2. The van der Waals surface area contributed by atoms with E-state index in [-0.39, 0.29) is 12.4 Å². The quantitative estimate of drug-likeness (QED) is 0.721. The Kier molecular flexibility index (Phi) is 6.81. The summed E-state index contributed by atoms with van der Waals surface area (Å²) in [6.07, 6.45) is 5.36. The van der Waals surface area contributed by atoms with Crippen molar-refractivity contribution in [2.75, 3.05) is 19.7 Å². The first-order valence-electron chi connectivity index (χ1n) is 4.69. The molecule has 74 valence electrons. The molecule has 1 unspecified atom stereocenters. The Morgan fingerprint density at radius 1 is 1.17 bits per heavy atom. The van der Waals surface area contributed by atoms with Crippen molar-refractivity contribution in [1.29, 1.82) is 0 Å². The number of hydrogen-bond donors (Lipinski definition) is 1. The van der Waals surface area contributed by atoms with Crippen LogP contribution in [0.2, 0.25) is 0 Å². The summed E-state index contributed by atoms with van der Waals surface area (Å²) in [5.74, 6) is 0. The fourth-order valence-electron chi connectivity index (χ4n) is 1.65. The molecular weight excluding hydrogens is 174 g/mol. The van der Waals surface area contributed by atoms with Gasteiger partial charge < -0.3 is 5.11 Å². The van der Waals surface area contributed by atoms with Crippen LogP contribution >= 0.6 is 12.4 Å². The molecule has 1 saturated heterocycles. The summed E-state index contributed by atoms with van der Waals surface area (Å²) in [5, 5.41) is 8.94. The van der Waals surface area contributed by atoms with Gasteiger partial charge in [0.1, 0.15) is 0 Å². The van der Waals surface area contributed by atoms with Gasteiger partial charge in [0.15, 0.2) is 0 Å². The lowest BCUT2D eigenvalue weighted by Gasteiger charge is -2.25. The maximum absolute atomic E-state index is 8.94. The van der Waals surface area contributed by atoms with Crippen molar-refractivity contribution in [2.24, 2.45) is 0 Å². The molecule has 0 aromatic heterocycles. The van der Waals surface area contributed by atoms with Crippen LogP contribution < -0.4 is 0 Å². The van der Waals surface area contributed by atoms with Gasteiger partial charge in [-0.2, -0.15) is 0 Å². The van der Waals surface area contributed by atoms with Crippen LogP contribution in [-0.2, 0) is 0 Å². The first-order valence-corrected chi connectivity index (χ1v) is 4.69. The van der Waals surface area contributed by atoms with Gasteiger partial charge in [-0.3, -0.25) is 4.90 Å². The van der Waals surface area contributed by atoms with Crippen molar-refractivity contribution in [3.63, 3.8) is 0 Å². The number of likely N-dealkylation sites (tertiary alicyclic amines) is 1. The lowest BCUT2D eigenvalue weighted by Crippen LogP contribution is -2.36. The molecule has 0 spiro atoms. The van der Waals surface area contributed by atoms with E-state index in [1.165, 1.54) is 38.8 Å². The Labute approximate surface area is 81.4 Å². The van der Waals surface area contributed by atoms with Gasteiger partial charge in [0.05, 0.1) is 6.61 Å². The fourth-order valence-corrected chi connectivity index (χ4v) is 1.65. The number of halogens is 1. The Bertz CT molecular complexity index is 103. The summed E-state index contributed by atoms with van der Waals surface area (Å²) in [6.45, 7) is 4.77. The molecular formula is C9H20ClNO. The Hall–Kier alpha value is 0.210. The topological polar surface area (TPSA) is 23.5 Å². The lowest BCUT2D eigenvalue weighted by molar-refractivity contribution is 0.138. The van der Waals surface area contributed by atoms with Crippen molar-refractivity contribution in [2.45, 2.75) is 38.6 Å². The molecule has 12 heavy (non-hydrogen) atoms. The molecule has 0 aromatic carbocycles. The van der Waals surface area contributed by atoms with Crippen molar-refractivity contribution in [1.82, 2.24) is 4.90 Å². The summed E-state index contributed by atoms with van der Waals surface area (Å²) in [6, 6.07) is 0.369. The van der Waals surface area contributed by atoms with E-state index in [1.54, 1.807) is 0 Å². The first kappa shape index (κ1) is 12.2. The number of hydrogen-bond acceptors (Lipinski definition) is 2. The van der Waals surface area contributed by atoms with E-state index in [9.17, 15) is 0 Å².